The third kappa shape index (κ3) is 81.6. The van der Waals surface area contributed by atoms with Crippen LogP contribution in [0.5, 0.6) is 0 Å². The Hall–Kier alpha value is -8.80. The Morgan fingerprint density at radius 3 is 0.983 bits per heavy atom. The minimum Gasteiger partial charge on any atom is -0.512 e. The summed E-state index contributed by atoms with van der Waals surface area (Å²) >= 11 is 0. The van der Waals surface area contributed by atoms with Crippen molar-refractivity contribution in [3.8, 4) is 0 Å². The maximum Gasteiger partial charge on any atom is 0.222 e. The summed E-state index contributed by atoms with van der Waals surface area (Å²) in [6.45, 7) is 89.8. The van der Waals surface area contributed by atoms with Gasteiger partial charge in [-0.3, -0.25) is 39.1 Å². The van der Waals surface area contributed by atoms with E-state index >= 15 is 0 Å². The number of aliphatic hydroxyl groups is 1. The van der Waals surface area contributed by atoms with E-state index in [1.165, 1.54) is 17.7 Å². The number of aliphatic imine (C=N–C) groups is 3. The number of aromatic nitrogens is 11. The van der Waals surface area contributed by atoms with Crippen molar-refractivity contribution in [3.63, 3.8) is 0 Å². The van der Waals surface area contributed by atoms with Gasteiger partial charge in [-0.2, -0.15) is 20.5 Å². The van der Waals surface area contributed by atoms with Crippen molar-refractivity contribution in [1.29, 1.82) is 0 Å². The summed E-state index contributed by atoms with van der Waals surface area (Å²) in [5.41, 5.74) is 24.3. The van der Waals surface area contributed by atoms with E-state index in [0.717, 1.165) is 52.9 Å². The quantitative estimate of drug-likeness (QED) is 0.0187. The number of aliphatic hydroxyl groups excluding tert-OH is 1. The normalized spacial score (nSPS) is 12.1. The number of imidazole rings is 2. The molecule has 6 rings (SSSR count). The Balaban J connectivity index is -0.000000188. The number of Topliss-reactive ketones (excluding diaryl/α,β-unsaturated/α-hetero) is 1. The zero-order valence-electron chi connectivity index (χ0n) is 83.6. The van der Waals surface area contributed by atoms with E-state index in [4.69, 9.17) is 28.0 Å². The maximum atomic E-state index is 11.0. The van der Waals surface area contributed by atoms with Gasteiger partial charge in [0.1, 0.15) is 42.0 Å². The minimum atomic E-state index is -0.241. The van der Waals surface area contributed by atoms with Gasteiger partial charge in [-0.1, -0.05) is 254 Å². The number of nitrogens with zero attached hydrogens (tertiary/aromatic N) is 15. The van der Waals surface area contributed by atoms with Crippen molar-refractivity contribution in [2.45, 2.75) is 371 Å². The molecule has 4 aromatic heterocycles. The van der Waals surface area contributed by atoms with E-state index < -0.39 is 0 Å². The molecule has 31 nitrogen and oxygen atoms in total. The maximum absolute atomic E-state index is 11.0. The van der Waals surface area contributed by atoms with E-state index in [1.54, 1.807) is 27.7 Å². The van der Waals surface area contributed by atoms with Crippen LogP contribution in [-0.4, -0.2) is 151 Å². The molecule has 4 aromatic rings. The lowest BCUT2D eigenvalue weighted by atomic mass is 9.99. The number of hydrogen-bond acceptors (Lipinski definition) is 21. The molecule has 0 bridgehead atoms. The molecule has 31 heteroatoms. The first-order valence-corrected chi connectivity index (χ1v) is 43.3. The van der Waals surface area contributed by atoms with Crippen LogP contribution in [0.3, 0.4) is 0 Å². The second-order valence-corrected chi connectivity index (χ2v) is 35.8. The highest BCUT2D eigenvalue weighted by Crippen LogP contribution is 2.18. The minimum absolute atomic E-state index is 0.00926. The molecule has 0 atom stereocenters. The summed E-state index contributed by atoms with van der Waals surface area (Å²) in [4.78, 5) is 84.0. The molecule has 2 aliphatic heterocycles. The average molecular weight is 1700 g/mol. The number of ketones is 1. The van der Waals surface area contributed by atoms with Gasteiger partial charge in [0.05, 0.1) is 23.1 Å². The number of carbonyl (C=O) groups is 5. The summed E-state index contributed by atoms with van der Waals surface area (Å²) < 4.78 is 0. The molecule has 0 radical (unpaired) electrons. The number of primary amides is 2. The first-order chi connectivity index (χ1) is 54.9. The van der Waals surface area contributed by atoms with Crippen LogP contribution in [-0.2, 0) is 24.0 Å². The molecule has 0 aromatic carbocycles. The predicted molar refractivity (Wildman–Crippen MR) is 503 cm³/mol. The highest BCUT2D eigenvalue weighted by molar-refractivity contribution is 5.88. The Morgan fingerprint density at radius 1 is 0.467 bits per heavy atom. The molecule has 0 unspecified atom stereocenters. The van der Waals surface area contributed by atoms with E-state index in [9.17, 15) is 24.0 Å². The lowest BCUT2D eigenvalue weighted by molar-refractivity contribution is -0.125. The monoisotopic (exact) mass is 1690 g/mol. The largest absolute Gasteiger partial charge is 0.512 e. The van der Waals surface area contributed by atoms with Crippen molar-refractivity contribution in [2.24, 2.45) is 135 Å². The van der Waals surface area contributed by atoms with Gasteiger partial charge in [0.25, 0.3) is 0 Å². The number of hydrogen-bond donors (Lipinski definition) is 11. The van der Waals surface area contributed by atoms with Crippen molar-refractivity contribution < 1.29 is 29.1 Å². The molecule has 120 heavy (non-hydrogen) atoms. The van der Waals surface area contributed by atoms with Crippen molar-refractivity contribution in [1.82, 2.24) is 66.4 Å². The van der Waals surface area contributed by atoms with Crippen molar-refractivity contribution >= 4 is 52.6 Å². The first-order valence-electron chi connectivity index (χ1n) is 43.3. The van der Waals surface area contributed by atoms with Crippen molar-refractivity contribution in [3.05, 3.63) is 65.2 Å². The Morgan fingerprint density at radius 2 is 0.858 bits per heavy atom. The zero-order valence-corrected chi connectivity index (χ0v) is 83.6. The molecular formula is C89H179N25O6. The first kappa shape index (κ1) is 127. The SMILES string of the molecule is CC(C)/C=C(\O)C(C)C.CC(C)C(N)=O.CC(C)C(N)=O.CC(C)C1=NCN=N1.CC(C)C1=NN=NC1.CC(C)CC(=O)C(C)C.CC(C)N=C(N)C(C)C.CC(C)N=C(N)C(C)C.CC(C)NC(=O)C(C)C.CC(C)NC(=O)C(C)C.CC(C)c1cnc(C(C)C)[nH]1.CC(C)c1cnc(C(C)C)[nH]1.CC(C)c1ncn[nH]1.CC(C)c1nn[nH]n1. The lowest BCUT2D eigenvalue weighted by Gasteiger charge is -2.09. The number of nitrogens with one attached hydrogen (secondary N) is 6. The number of carbonyl (C=O) groups excluding carboxylic acids is 5. The average Bonchev–Trinajstić information content (AvgIpc) is 1.77. The second-order valence-electron chi connectivity index (χ2n) is 35.8. The van der Waals surface area contributed by atoms with Gasteiger partial charge in [-0.25, -0.2) is 19.9 Å². The summed E-state index contributed by atoms with van der Waals surface area (Å²) in [6, 6.07) is 1.18. The fourth-order valence-corrected chi connectivity index (χ4v) is 6.81. The number of amidine groups is 3. The topological polar surface area (TPSA) is 486 Å². The Labute approximate surface area is 728 Å². The van der Waals surface area contributed by atoms with E-state index in [0.29, 0.717) is 108 Å². The molecule has 4 amide bonds. The standard InChI is InChI=1S/2C9H16N2.2C8H16O.2C7H16N2.2C7H15NO.3C5H9N3.C4H8N4.2C4H9NO/c2*1-6(2)8-5-10-9(11-8)7(3)4;2*1-6(2)5-8(9)7(3)4;2*1-5(2)7(8)9-6(3)4;2*1-5(2)7(9)8-6(3)4;2*1-4(2)5-6-3-7-8-5;1-4(2)5-3-6-8-7-5;1-3(2)4-5-7-8-6-4;2*1-3(2)4(5)6/h2*5-7H,1-4H3,(H,10,11);6-7H,5H2,1-4H3;5-7,9H,1-4H3;2*5-6H,1-4H3,(H2,8,9);2*5-6H,1-4H3,(H,8,9);4H,3H2,1-2H3;3-4H,1-2H3,(H,6,7,8);4H,3H2,1-2H3;3H,1-2H3,(H,5,6,7,8);2*3H,1-2H3,(H2,5,6)/b;;;8-5-;;;;;;;;;;. The highest BCUT2D eigenvalue weighted by Gasteiger charge is 2.13. The molecule has 6 heterocycles. The lowest BCUT2D eigenvalue weighted by Crippen LogP contribution is -2.33. The molecule has 2 aliphatic rings. The number of allylic oxidation sites excluding steroid dienone is 2. The smallest absolute Gasteiger partial charge is 0.222 e. The molecular weight excluding hydrogens is 1520 g/mol. The fourth-order valence-electron chi connectivity index (χ4n) is 6.81. The van der Waals surface area contributed by atoms with Crippen LogP contribution in [0.25, 0.3) is 0 Å². The molecule has 0 fully saturated rings. The van der Waals surface area contributed by atoms with Crippen LogP contribution in [0.4, 0.5) is 0 Å². The van der Waals surface area contributed by atoms with Gasteiger partial charge < -0.3 is 48.6 Å². The van der Waals surface area contributed by atoms with Crippen LogP contribution in [0, 0.1) is 71.0 Å². The Kier molecular flexibility index (Phi) is 78.3. The summed E-state index contributed by atoms with van der Waals surface area (Å²) in [5.74, 6) is 13.2. The predicted octanol–water partition coefficient (Wildman–Crippen LogP) is 19.9. The van der Waals surface area contributed by atoms with Crippen LogP contribution >= 0.6 is 0 Å². The zero-order chi connectivity index (χ0) is 95.7. The van der Waals surface area contributed by atoms with E-state index in [2.05, 4.69) is 232 Å². The van der Waals surface area contributed by atoms with Gasteiger partial charge in [0, 0.05) is 131 Å². The number of nitrogens with two attached hydrogens (primary N) is 4. The van der Waals surface area contributed by atoms with Crippen LogP contribution in [0.2, 0.25) is 0 Å². The number of rotatable bonds is 23. The van der Waals surface area contributed by atoms with Crippen LogP contribution in [0.1, 0.15) is 381 Å². The summed E-state index contributed by atoms with van der Waals surface area (Å²) in [7, 11) is 0. The summed E-state index contributed by atoms with van der Waals surface area (Å²) in [6.07, 6.45) is 8.00. The summed E-state index contributed by atoms with van der Waals surface area (Å²) in [5, 5.41) is 53.1. The van der Waals surface area contributed by atoms with Crippen molar-refractivity contribution in [2.75, 3.05) is 13.2 Å². The Bertz CT molecular complexity index is 3110. The number of azo groups is 1. The van der Waals surface area contributed by atoms with Gasteiger partial charge in [-0.15, -0.1) is 20.4 Å². The fraction of sp³-hybridized carbons (Fsp3) is 0.775. The van der Waals surface area contributed by atoms with E-state index in [1.807, 2.05) is 171 Å². The molecule has 0 spiro atoms. The van der Waals surface area contributed by atoms with Gasteiger partial charge >= 0.3 is 0 Å². The molecule has 696 valence electrons. The molecule has 0 saturated heterocycles. The number of H-pyrrole nitrogens is 4. The number of aromatic amines is 4. The molecule has 0 saturated carbocycles. The van der Waals surface area contributed by atoms with Crippen LogP contribution < -0.4 is 33.6 Å². The van der Waals surface area contributed by atoms with Gasteiger partial charge in [0.2, 0.25) is 23.6 Å². The highest BCUT2D eigenvalue weighted by atomic mass is 16.3. The van der Waals surface area contributed by atoms with Crippen LogP contribution in [0.15, 0.2) is 71.2 Å². The van der Waals surface area contributed by atoms with E-state index in [-0.39, 0.29) is 71.2 Å². The number of amides is 4. The van der Waals surface area contributed by atoms with Gasteiger partial charge in [0.15, 0.2) is 12.5 Å². The molecule has 0 aliphatic carbocycles. The van der Waals surface area contributed by atoms with Gasteiger partial charge in [-0.05, 0) is 96.3 Å². The second kappa shape index (κ2) is 74.1. The number of tetrazole rings is 1. The third-order valence-corrected chi connectivity index (χ3v) is 14.9. The molecule has 15 N–H and O–H groups in total. The third-order valence-electron chi connectivity index (χ3n) is 14.9.